The summed E-state index contributed by atoms with van der Waals surface area (Å²) in [6.45, 7) is 4.14. The van der Waals surface area contributed by atoms with Crippen molar-refractivity contribution < 1.29 is 9.18 Å². The van der Waals surface area contributed by atoms with Crippen molar-refractivity contribution in [1.82, 2.24) is 0 Å². The van der Waals surface area contributed by atoms with Gasteiger partial charge < -0.3 is 10.6 Å². The third-order valence-electron chi connectivity index (χ3n) is 3.97. The fraction of sp³-hybridized carbons (Fsp3) is 0.235. The van der Waals surface area contributed by atoms with Gasteiger partial charge in [0.1, 0.15) is 5.82 Å². The Balaban J connectivity index is 2.01. The Kier molecular flexibility index (Phi) is 2.97. The topological polar surface area (TPSA) is 46.3 Å². The Bertz CT molecular complexity index is 704. The molecule has 3 rings (SSSR count). The van der Waals surface area contributed by atoms with Crippen LogP contribution in [0.15, 0.2) is 42.5 Å². The first-order valence-electron chi connectivity index (χ1n) is 6.86. The minimum Gasteiger partial charge on any atom is -0.399 e. The van der Waals surface area contributed by atoms with Gasteiger partial charge in [0.2, 0.25) is 5.91 Å². The summed E-state index contributed by atoms with van der Waals surface area (Å²) in [5, 5.41) is 0. The van der Waals surface area contributed by atoms with Gasteiger partial charge in [0, 0.05) is 11.4 Å². The van der Waals surface area contributed by atoms with E-state index in [2.05, 4.69) is 0 Å². The fourth-order valence-corrected chi connectivity index (χ4v) is 2.91. The van der Waals surface area contributed by atoms with E-state index in [9.17, 15) is 9.18 Å². The summed E-state index contributed by atoms with van der Waals surface area (Å²) in [5.74, 6) is -0.365. The maximum absolute atomic E-state index is 13.5. The number of carbonyl (C=O) groups is 1. The molecule has 0 radical (unpaired) electrons. The molecule has 1 aliphatic heterocycles. The lowest BCUT2D eigenvalue weighted by atomic mass is 9.86. The quantitative estimate of drug-likeness (QED) is 0.861. The van der Waals surface area contributed by atoms with Crippen molar-refractivity contribution in [3.8, 4) is 0 Å². The van der Waals surface area contributed by atoms with Gasteiger partial charge in [-0.15, -0.1) is 0 Å². The normalized spacial score (nSPS) is 16.1. The van der Waals surface area contributed by atoms with Crippen LogP contribution in [0.1, 0.15) is 25.0 Å². The molecule has 0 aromatic heterocycles. The number of amides is 1. The molecule has 0 spiro atoms. The summed E-state index contributed by atoms with van der Waals surface area (Å²) in [5.41, 5.74) is 8.05. The van der Waals surface area contributed by atoms with Gasteiger partial charge in [-0.1, -0.05) is 18.2 Å². The first-order valence-corrected chi connectivity index (χ1v) is 6.86. The number of rotatable bonds is 2. The second kappa shape index (κ2) is 4.58. The van der Waals surface area contributed by atoms with Crippen molar-refractivity contribution in [3.63, 3.8) is 0 Å². The molecule has 0 saturated heterocycles. The number of halogens is 1. The Morgan fingerprint density at radius 2 is 1.90 bits per heavy atom. The largest absolute Gasteiger partial charge is 0.399 e. The average molecular weight is 284 g/mol. The highest BCUT2D eigenvalue weighted by atomic mass is 19.1. The van der Waals surface area contributed by atoms with Crippen LogP contribution >= 0.6 is 0 Å². The Morgan fingerprint density at radius 3 is 2.62 bits per heavy atom. The predicted molar refractivity (Wildman–Crippen MR) is 81.5 cm³/mol. The van der Waals surface area contributed by atoms with E-state index in [1.54, 1.807) is 11.0 Å². The second-order valence-corrected chi connectivity index (χ2v) is 5.93. The number of nitrogen functional groups attached to an aromatic ring is 1. The van der Waals surface area contributed by atoms with Gasteiger partial charge in [-0.2, -0.15) is 0 Å². The van der Waals surface area contributed by atoms with Crippen molar-refractivity contribution in [2.75, 3.05) is 10.6 Å². The number of fused-ring (bicyclic) bond motifs is 1. The molecule has 0 aliphatic carbocycles. The molecule has 21 heavy (non-hydrogen) atoms. The minimum absolute atomic E-state index is 0.0199. The number of anilines is 2. The molecule has 2 aromatic rings. The van der Waals surface area contributed by atoms with Crippen molar-refractivity contribution in [2.24, 2.45) is 0 Å². The van der Waals surface area contributed by atoms with Gasteiger partial charge in [-0.3, -0.25) is 4.79 Å². The van der Waals surface area contributed by atoms with Crippen molar-refractivity contribution in [3.05, 3.63) is 59.4 Å². The molecule has 1 aliphatic rings. The van der Waals surface area contributed by atoms with E-state index >= 15 is 0 Å². The second-order valence-electron chi connectivity index (χ2n) is 5.93. The highest BCUT2D eigenvalue weighted by molar-refractivity contribution is 6.07. The van der Waals surface area contributed by atoms with E-state index in [1.807, 2.05) is 38.1 Å². The zero-order chi connectivity index (χ0) is 15.2. The third-order valence-corrected chi connectivity index (χ3v) is 3.97. The number of nitrogens with zero attached hydrogens (tertiary/aromatic N) is 1. The fourth-order valence-electron chi connectivity index (χ4n) is 2.91. The Morgan fingerprint density at radius 1 is 1.19 bits per heavy atom. The van der Waals surface area contributed by atoms with E-state index in [1.165, 1.54) is 12.1 Å². The monoisotopic (exact) mass is 284 g/mol. The van der Waals surface area contributed by atoms with E-state index in [0.717, 1.165) is 11.3 Å². The maximum Gasteiger partial charge on any atom is 0.237 e. The first kappa shape index (κ1) is 13.6. The number of benzene rings is 2. The van der Waals surface area contributed by atoms with Gasteiger partial charge in [0.15, 0.2) is 0 Å². The first-order chi connectivity index (χ1) is 9.89. The molecule has 1 heterocycles. The molecule has 3 nitrogen and oxygen atoms in total. The highest BCUT2D eigenvalue weighted by Gasteiger charge is 2.43. The van der Waals surface area contributed by atoms with Gasteiger partial charge in [0.05, 0.1) is 12.0 Å². The Hall–Kier alpha value is -2.36. The molecule has 2 aromatic carbocycles. The van der Waals surface area contributed by atoms with E-state index in [0.29, 0.717) is 17.8 Å². The lowest BCUT2D eigenvalue weighted by Crippen LogP contribution is -2.35. The average Bonchev–Trinajstić information content (AvgIpc) is 2.60. The van der Waals surface area contributed by atoms with Crippen LogP contribution in [-0.4, -0.2) is 5.91 Å². The summed E-state index contributed by atoms with van der Waals surface area (Å²) in [4.78, 5) is 14.4. The van der Waals surface area contributed by atoms with Crippen LogP contribution in [-0.2, 0) is 16.8 Å². The molecule has 0 saturated carbocycles. The third kappa shape index (κ3) is 2.17. The van der Waals surface area contributed by atoms with Crippen molar-refractivity contribution in [2.45, 2.75) is 25.8 Å². The van der Waals surface area contributed by atoms with Crippen molar-refractivity contribution in [1.29, 1.82) is 0 Å². The molecular formula is C17H17FN2O. The molecule has 2 N–H and O–H groups in total. The van der Waals surface area contributed by atoms with Gasteiger partial charge in [0.25, 0.3) is 0 Å². The number of hydrogen-bond acceptors (Lipinski definition) is 2. The minimum atomic E-state index is -0.560. The smallest absolute Gasteiger partial charge is 0.237 e. The molecular weight excluding hydrogens is 267 g/mol. The summed E-state index contributed by atoms with van der Waals surface area (Å²) >= 11 is 0. The van der Waals surface area contributed by atoms with Crippen LogP contribution in [0.4, 0.5) is 15.8 Å². The van der Waals surface area contributed by atoms with Crippen LogP contribution in [0.3, 0.4) is 0 Å². The zero-order valence-corrected chi connectivity index (χ0v) is 12.1. The lowest BCUT2D eigenvalue weighted by Gasteiger charge is -2.20. The highest BCUT2D eigenvalue weighted by Crippen LogP contribution is 2.41. The molecule has 0 fully saturated rings. The predicted octanol–water partition coefficient (Wildman–Crippen LogP) is 3.23. The van der Waals surface area contributed by atoms with Gasteiger partial charge >= 0.3 is 0 Å². The number of para-hydroxylation sites is 1. The maximum atomic E-state index is 13.5. The van der Waals surface area contributed by atoms with Crippen molar-refractivity contribution >= 4 is 17.3 Å². The zero-order valence-electron chi connectivity index (χ0n) is 12.1. The molecule has 0 atom stereocenters. The van der Waals surface area contributed by atoms with E-state index in [4.69, 9.17) is 5.73 Å². The summed E-state index contributed by atoms with van der Waals surface area (Å²) in [6, 6.07) is 12.1. The standard InChI is InChI=1S/C17H17FN2O/c1-17(2)14-5-3-4-6-15(14)20(16(17)21)10-11-7-12(18)9-13(19)8-11/h3-9H,10,19H2,1-2H3. The molecule has 4 heteroatoms. The SMILES string of the molecule is CC1(C)C(=O)N(Cc2cc(N)cc(F)c2)c2ccccc21. The van der Waals surface area contributed by atoms with E-state index in [-0.39, 0.29) is 11.7 Å². The van der Waals surface area contributed by atoms with Crippen LogP contribution in [0.5, 0.6) is 0 Å². The molecule has 0 bridgehead atoms. The summed E-state index contributed by atoms with van der Waals surface area (Å²) in [7, 11) is 0. The number of nitrogens with two attached hydrogens (primary N) is 1. The Labute approximate surface area is 123 Å². The lowest BCUT2D eigenvalue weighted by molar-refractivity contribution is -0.122. The van der Waals surface area contributed by atoms with Gasteiger partial charge in [-0.05, 0) is 49.2 Å². The number of hydrogen-bond donors (Lipinski definition) is 1. The van der Waals surface area contributed by atoms with Crippen LogP contribution < -0.4 is 10.6 Å². The summed E-state index contributed by atoms with van der Waals surface area (Å²) < 4.78 is 13.5. The molecule has 0 unspecified atom stereocenters. The van der Waals surface area contributed by atoms with Crippen LogP contribution in [0.25, 0.3) is 0 Å². The van der Waals surface area contributed by atoms with E-state index < -0.39 is 5.41 Å². The van der Waals surface area contributed by atoms with Crippen LogP contribution in [0.2, 0.25) is 0 Å². The van der Waals surface area contributed by atoms with Crippen LogP contribution in [0, 0.1) is 5.82 Å². The molecule has 108 valence electrons. The van der Waals surface area contributed by atoms with Gasteiger partial charge in [-0.25, -0.2) is 4.39 Å². The number of carbonyl (C=O) groups excluding carboxylic acids is 1. The summed E-state index contributed by atoms with van der Waals surface area (Å²) in [6.07, 6.45) is 0. The molecule has 1 amide bonds.